The zero-order chi connectivity index (χ0) is 13.6. The van der Waals surface area contributed by atoms with Crippen LogP contribution in [0.1, 0.15) is 21.1 Å². The fourth-order valence-electron chi connectivity index (χ4n) is 2.22. The second kappa shape index (κ2) is 4.28. The fourth-order valence-corrected chi connectivity index (χ4v) is 3.26. The molecule has 0 unspecified atom stereocenters. The van der Waals surface area contributed by atoms with Gasteiger partial charge < -0.3 is 0 Å². The van der Waals surface area contributed by atoms with Crippen LogP contribution in [0.5, 0.6) is 0 Å². The molecule has 19 heavy (non-hydrogen) atoms. The van der Waals surface area contributed by atoms with Gasteiger partial charge in [-0.1, -0.05) is 0 Å². The third kappa shape index (κ3) is 1.77. The molecule has 0 radical (unpaired) electrons. The Bertz CT molecular complexity index is 771. The van der Waals surface area contributed by atoms with Gasteiger partial charge in [-0.05, 0) is 43.7 Å². The fraction of sp³-hybridized carbons (Fsp3) is 0.143. The van der Waals surface area contributed by atoms with E-state index in [0.717, 1.165) is 27.4 Å². The molecule has 3 rings (SSSR count). The molecule has 0 bridgehead atoms. The third-order valence-corrected chi connectivity index (χ3v) is 4.05. The number of carbonyl (C=O) groups excluding carboxylic acids is 1. The molecular weight excluding hydrogens is 263 g/mol. The zero-order valence-electron chi connectivity index (χ0n) is 10.5. The Morgan fingerprint density at radius 2 is 1.95 bits per heavy atom. The summed E-state index contributed by atoms with van der Waals surface area (Å²) in [5.41, 5.74) is 3.05. The lowest BCUT2D eigenvalue weighted by molar-refractivity contribution is 0.111. The van der Waals surface area contributed by atoms with Crippen molar-refractivity contribution in [1.29, 1.82) is 0 Å². The van der Waals surface area contributed by atoms with E-state index in [2.05, 4.69) is 4.98 Å². The standard InChI is InChI=1S/C14H11FN2OS/c1-8-12(7-18)17-13(9(2)19-14(17)16-8)10-3-5-11(15)6-4-10/h3-7H,1-2H3. The molecule has 2 aromatic heterocycles. The predicted octanol–water partition coefficient (Wildman–Crippen LogP) is 3.63. The van der Waals surface area contributed by atoms with Crippen molar-refractivity contribution in [2.24, 2.45) is 0 Å². The first-order valence-corrected chi connectivity index (χ1v) is 6.63. The van der Waals surface area contributed by atoms with E-state index in [1.54, 1.807) is 12.1 Å². The van der Waals surface area contributed by atoms with Crippen LogP contribution in [0.25, 0.3) is 16.2 Å². The van der Waals surface area contributed by atoms with Crippen molar-refractivity contribution < 1.29 is 9.18 Å². The summed E-state index contributed by atoms with van der Waals surface area (Å²) >= 11 is 1.53. The number of hydrogen-bond donors (Lipinski definition) is 0. The van der Waals surface area contributed by atoms with Gasteiger partial charge in [0.05, 0.1) is 11.4 Å². The molecule has 0 atom stereocenters. The molecule has 0 spiro atoms. The Labute approximate surface area is 113 Å². The second-order valence-electron chi connectivity index (χ2n) is 4.33. The first kappa shape index (κ1) is 12.0. The largest absolute Gasteiger partial charge is 0.296 e. The monoisotopic (exact) mass is 274 g/mol. The van der Waals surface area contributed by atoms with E-state index < -0.39 is 0 Å². The van der Waals surface area contributed by atoms with Crippen molar-refractivity contribution in [1.82, 2.24) is 9.38 Å². The molecule has 0 aliphatic carbocycles. The topological polar surface area (TPSA) is 34.4 Å². The highest BCUT2D eigenvalue weighted by Crippen LogP contribution is 2.32. The number of carbonyl (C=O) groups is 1. The number of rotatable bonds is 2. The van der Waals surface area contributed by atoms with Crippen molar-refractivity contribution in [3.63, 3.8) is 0 Å². The van der Waals surface area contributed by atoms with Crippen LogP contribution in [0.4, 0.5) is 4.39 Å². The van der Waals surface area contributed by atoms with Crippen LogP contribution in [0.3, 0.4) is 0 Å². The highest BCUT2D eigenvalue weighted by Gasteiger charge is 2.17. The first-order chi connectivity index (χ1) is 9.11. The molecule has 0 saturated heterocycles. The summed E-state index contributed by atoms with van der Waals surface area (Å²) in [6.45, 7) is 3.79. The van der Waals surface area contributed by atoms with E-state index in [4.69, 9.17) is 0 Å². The van der Waals surface area contributed by atoms with Gasteiger partial charge in [0.2, 0.25) is 0 Å². The van der Waals surface area contributed by atoms with Crippen LogP contribution in [0.15, 0.2) is 24.3 Å². The van der Waals surface area contributed by atoms with Gasteiger partial charge in [0.1, 0.15) is 11.5 Å². The number of hydrogen-bond acceptors (Lipinski definition) is 3. The smallest absolute Gasteiger partial charge is 0.195 e. The van der Waals surface area contributed by atoms with Crippen molar-refractivity contribution >= 4 is 22.6 Å². The number of imidazole rings is 1. The second-order valence-corrected chi connectivity index (χ2v) is 5.51. The maximum Gasteiger partial charge on any atom is 0.195 e. The summed E-state index contributed by atoms with van der Waals surface area (Å²) in [5, 5.41) is 0. The van der Waals surface area contributed by atoms with Crippen LogP contribution in [-0.4, -0.2) is 15.7 Å². The number of fused-ring (bicyclic) bond motifs is 1. The minimum atomic E-state index is -0.273. The molecule has 0 amide bonds. The average molecular weight is 274 g/mol. The number of halogens is 1. The summed E-state index contributed by atoms with van der Waals surface area (Å²) in [5.74, 6) is -0.273. The number of thiazole rings is 1. The van der Waals surface area contributed by atoms with Gasteiger partial charge in [0, 0.05) is 4.88 Å². The van der Waals surface area contributed by atoms with Gasteiger partial charge in [-0.2, -0.15) is 0 Å². The van der Waals surface area contributed by atoms with Gasteiger partial charge in [0.25, 0.3) is 0 Å². The quantitative estimate of drug-likeness (QED) is 0.669. The lowest BCUT2D eigenvalue weighted by Crippen LogP contribution is -1.95. The van der Waals surface area contributed by atoms with E-state index in [1.807, 2.05) is 18.2 Å². The highest BCUT2D eigenvalue weighted by molar-refractivity contribution is 7.17. The maximum absolute atomic E-state index is 13.0. The number of aldehydes is 1. The Balaban J connectivity index is 2.36. The van der Waals surface area contributed by atoms with E-state index in [-0.39, 0.29) is 5.82 Å². The summed E-state index contributed by atoms with van der Waals surface area (Å²) in [6.07, 6.45) is 0.814. The van der Waals surface area contributed by atoms with Gasteiger partial charge >= 0.3 is 0 Å². The molecule has 0 aliphatic heterocycles. The SMILES string of the molecule is Cc1nc2sc(C)c(-c3ccc(F)cc3)n2c1C=O. The number of aryl methyl sites for hydroxylation is 2. The molecule has 0 saturated carbocycles. The molecule has 0 N–H and O–H groups in total. The highest BCUT2D eigenvalue weighted by atomic mass is 32.1. The van der Waals surface area contributed by atoms with Crippen LogP contribution in [0, 0.1) is 19.7 Å². The van der Waals surface area contributed by atoms with E-state index in [1.165, 1.54) is 23.5 Å². The van der Waals surface area contributed by atoms with Crippen LogP contribution < -0.4 is 0 Å². The van der Waals surface area contributed by atoms with E-state index >= 15 is 0 Å². The molecule has 0 aliphatic rings. The molecule has 3 aromatic rings. The van der Waals surface area contributed by atoms with Crippen molar-refractivity contribution in [2.75, 3.05) is 0 Å². The van der Waals surface area contributed by atoms with E-state index in [0.29, 0.717) is 11.4 Å². The number of nitrogens with zero attached hydrogens (tertiary/aromatic N) is 2. The third-order valence-electron chi connectivity index (χ3n) is 3.10. The van der Waals surface area contributed by atoms with Crippen molar-refractivity contribution in [3.8, 4) is 11.3 Å². The molecule has 3 nitrogen and oxygen atoms in total. The Kier molecular flexibility index (Phi) is 2.71. The lowest BCUT2D eigenvalue weighted by atomic mass is 10.1. The van der Waals surface area contributed by atoms with Crippen molar-refractivity contribution in [3.05, 3.63) is 46.3 Å². The van der Waals surface area contributed by atoms with E-state index in [9.17, 15) is 9.18 Å². The van der Waals surface area contributed by atoms with Crippen LogP contribution >= 0.6 is 11.3 Å². The number of benzene rings is 1. The maximum atomic E-state index is 13.0. The minimum absolute atomic E-state index is 0.273. The first-order valence-electron chi connectivity index (χ1n) is 5.81. The Hall–Kier alpha value is -2.01. The van der Waals surface area contributed by atoms with Gasteiger partial charge in [-0.15, -0.1) is 11.3 Å². The zero-order valence-corrected chi connectivity index (χ0v) is 11.3. The lowest BCUT2D eigenvalue weighted by Gasteiger charge is -2.03. The molecule has 2 heterocycles. The Morgan fingerprint density at radius 1 is 1.26 bits per heavy atom. The molecule has 1 aromatic carbocycles. The molecular formula is C14H11FN2OS. The van der Waals surface area contributed by atoms with Crippen molar-refractivity contribution in [2.45, 2.75) is 13.8 Å². The average Bonchev–Trinajstić information content (AvgIpc) is 2.83. The van der Waals surface area contributed by atoms with Crippen LogP contribution in [0.2, 0.25) is 0 Å². The summed E-state index contributed by atoms with van der Waals surface area (Å²) in [7, 11) is 0. The normalized spacial score (nSPS) is 11.1. The van der Waals surface area contributed by atoms with Gasteiger partial charge in [-0.3, -0.25) is 9.20 Å². The number of aromatic nitrogens is 2. The molecule has 96 valence electrons. The molecule has 5 heteroatoms. The van der Waals surface area contributed by atoms with Crippen LogP contribution in [-0.2, 0) is 0 Å². The van der Waals surface area contributed by atoms with Gasteiger partial charge in [0.15, 0.2) is 11.2 Å². The minimum Gasteiger partial charge on any atom is -0.296 e. The summed E-state index contributed by atoms with van der Waals surface area (Å²) < 4.78 is 14.9. The predicted molar refractivity (Wildman–Crippen MR) is 73.3 cm³/mol. The summed E-state index contributed by atoms with van der Waals surface area (Å²) in [4.78, 5) is 17.5. The molecule has 0 fully saturated rings. The summed E-state index contributed by atoms with van der Waals surface area (Å²) in [6, 6.07) is 6.27. The van der Waals surface area contributed by atoms with Gasteiger partial charge in [-0.25, -0.2) is 9.37 Å². The Morgan fingerprint density at radius 3 is 2.58 bits per heavy atom.